The van der Waals surface area contributed by atoms with Crippen LogP contribution in [0.4, 0.5) is 5.95 Å². The highest BCUT2D eigenvalue weighted by molar-refractivity contribution is 5.18. The zero-order chi connectivity index (χ0) is 9.97. The van der Waals surface area contributed by atoms with E-state index in [-0.39, 0.29) is 0 Å². The molecule has 0 unspecified atom stereocenters. The Kier molecular flexibility index (Phi) is 2.72. The van der Waals surface area contributed by atoms with Crippen LogP contribution in [0, 0.1) is 0 Å². The molecule has 1 fully saturated rings. The SMILES string of the molecule is COC1CCC(n2ccnc2N)CC1. The number of rotatable bonds is 2. The zero-order valence-electron chi connectivity index (χ0n) is 8.52. The third-order valence-corrected chi connectivity index (χ3v) is 3.07. The van der Waals surface area contributed by atoms with E-state index in [0.717, 1.165) is 25.7 Å². The van der Waals surface area contributed by atoms with Gasteiger partial charge in [-0.15, -0.1) is 0 Å². The predicted octanol–water partition coefficient (Wildman–Crippen LogP) is 1.60. The van der Waals surface area contributed by atoms with Crippen molar-refractivity contribution in [2.24, 2.45) is 0 Å². The Bertz CT molecular complexity index is 289. The normalized spacial score (nSPS) is 27.8. The number of nitrogen functional groups attached to an aromatic ring is 1. The Balaban J connectivity index is 1.99. The number of nitrogens with two attached hydrogens (primary N) is 1. The van der Waals surface area contributed by atoms with Crippen molar-refractivity contribution in [1.29, 1.82) is 0 Å². The molecular formula is C10H17N3O. The molecule has 78 valence electrons. The van der Waals surface area contributed by atoms with Crippen LogP contribution in [0.1, 0.15) is 31.7 Å². The largest absolute Gasteiger partial charge is 0.381 e. The van der Waals surface area contributed by atoms with E-state index < -0.39 is 0 Å². The monoisotopic (exact) mass is 195 g/mol. The van der Waals surface area contributed by atoms with Gasteiger partial charge < -0.3 is 15.0 Å². The fourth-order valence-electron chi connectivity index (χ4n) is 2.19. The van der Waals surface area contributed by atoms with E-state index in [4.69, 9.17) is 10.5 Å². The number of imidazole rings is 1. The molecule has 0 atom stereocenters. The minimum Gasteiger partial charge on any atom is -0.381 e. The molecule has 4 heteroatoms. The van der Waals surface area contributed by atoms with E-state index in [2.05, 4.69) is 9.55 Å². The molecule has 0 aliphatic heterocycles. The molecule has 0 amide bonds. The van der Waals surface area contributed by atoms with Crippen molar-refractivity contribution in [1.82, 2.24) is 9.55 Å². The van der Waals surface area contributed by atoms with Gasteiger partial charge in [0.05, 0.1) is 6.10 Å². The van der Waals surface area contributed by atoms with Gasteiger partial charge in [-0.3, -0.25) is 0 Å². The molecule has 0 aromatic carbocycles. The number of methoxy groups -OCH3 is 1. The van der Waals surface area contributed by atoms with Crippen LogP contribution in [0.3, 0.4) is 0 Å². The van der Waals surface area contributed by atoms with Gasteiger partial charge in [0.1, 0.15) is 0 Å². The van der Waals surface area contributed by atoms with Crippen molar-refractivity contribution in [3.63, 3.8) is 0 Å². The van der Waals surface area contributed by atoms with Gasteiger partial charge in [0.25, 0.3) is 0 Å². The van der Waals surface area contributed by atoms with Crippen molar-refractivity contribution in [2.75, 3.05) is 12.8 Å². The smallest absolute Gasteiger partial charge is 0.200 e. The highest BCUT2D eigenvalue weighted by Gasteiger charge is 2.22. The topological polar surface area (TPSA) is 53.1 Å². The Morgan fingerprint density at radius 3 is 2.64 bits per heavy atom. The molecule has 1 aromatic heterocycles. The number of hydrogen-bond acceptors (Lipinski definition) is 3. The molecule has 0 saturated heterocycles. The lowest BCUT2D eigenvalue weighted by Crippen LogP contribution is -2.23. The minimum atomic E-state index is 0.441. The average Bonchev–Trinajstić information content (AvgIpc) is 2.65. The lowest BCUT2D eigenvalue weighted by Gasteiger charge is -2.28. The van der Waals surface area contributed by atoms with Crippen molar-refractivity contribution in [2.45, 2.75) is 37.8 Å². The summed E-state index contributed by atoms with van der Waals surface area (Å²) in [5, 5.41) is 0. The number of ether oxygens (including phenoxy) is 1. The molecular weight excluding hydrogens is 178 g/mol. The van der Waals surface area contributed by atoms with Crippen molar-refractivity contribution in [3.8, 4) is 0 Å². The molecule has 0 bridgehead atoms. The molecule has 14 heavy (non-hydrogen) atoms. The summed E-state index contributed by atoms with van der Waals surface area (Å²) in [6, 6.07) is 0.517. The molecule has 1 aromatic rings. The number of aromatic nitrogens is 2. The maximum Gasteiger partial charge on any atom is 0.200 e. The van der Waals surface area contributed by atoms with Gasteiger partial charge in [0, 0.05) is 25.5 Å². The van der Waals surface area contributed by atoms with Crippen molar-refractivity contribution in [3.05, 3.63) is 12.4 Å². The minimum absolute atomic E-state index is 0.441. The summed E-state index contributed by atoms with van der Waals surface area (Å²) in [6.07, 6.45) is 8.69. The second-order valence-corrected chi connectivity index (χ2v) is 3.86. The Labute approximate surface area is 84.1 Å². The van der Waals surface area contributed by atoms with Crippen LogP contribution < -0.4 is 5.73 Å². The third-order valence-electron chi connectivity index (χ3n) is 3.07. The Morgan fingerprint density at radius 2 is 2.14 bits per heavy atom. The molecule has 2 rings (SSSR count). The van der Waals surface area contributed by atoms with E-state index in [0.29, 0.717) is 18.1 Å². The van der Waals surface area contributed by atoms with Gasteiger partial charge in [-0.25, -0.2) is 4.98 Å². The average molecular weight is 195 g/mol. The lowest BCUT2D eigenvalue weighted by atomic mass is 9.93. The van der Waals surface area contributed by atoms with Crippen LogP contribution in [0.2, 0.25) is 0 Å². The van der Waals surface area contributed by atoms with Crippen LogP contribution in [0.15, 0.2) is 12.4 Å². The Morgan fingerprint density at radius 1 is 1.43 bits per heavy atom. The zero-order valence-corrected chi connectivity index (χ0v) is 8.52. The van der Waals surface area contributed by atoms with Crippen molar-refractivity contribution >= 4 is 5.95 Å². The summed E-state index contributed by atoms with van der Waals surface area (Å²) in [7, 11) is 1.79. The van der Waals surface area contributed by atoms with E-state index >= 15 is 0 Å². The fraction of sp³-hybridized carbons (Fsp3) is 0.700. The first-order chi connectivity index (χ1) is 6.81. The first-order valence-corrected chi connectivity index (χ1v) is 5.12. The summed E-state index contributed by atoms with van der Waals surface area (Å²) in [5.74, 6) is 0.630. The first kappa shape index (κ1) is 9.52. The van der Waals surface area contributed by atoms with Gasteiger partial charge in [0.15, 0.2) is 5.95 Å². The summed E-state index contributed by atoms with van der Waals surface area (Å²) >= 11 is 0. The quantitative estimate of drug-likeness (QED) is 0.779. The highest BCUT2D eigenvalue weighted by Crippen LogP contribution is 2.30. The number of anilines is 1. The fourth-order valence-corrected chi connectivity index (χ4v) is 2.19. The molecule has 1 aliphatic carbocycles. The maximum atomic E-state index is 5.76. The molecule has 2 N–H and O–H groups in total. The first-order valence-electron chi connectivity index (χ1n) is 5.12. The predicted molar refractivity (Wildman–Crippen MR) is 54.9 cm³/mol. The van der Waals surface area contributed by atoms with Crippen LogP contribution in [0.5, 0.6) is 0 Å². The van der Waals surface area contributed by atoms with Gasteiger partial charge in [0.2, 0.25) is 0 Å². The van der Waals surface area contributed by atoms with E-state index in [1.54, 1.807) is 13.3 Å². The maximum absolute atomic E-state index is 5.76. The van der Waals surface area contributed by atoms with Crippen LogP contribution in [-0.4, -0.2) is 22.8 Å². The molecule has 1 heterocycles. The molecule has 1 saturated carbocycles. The van der Waals surface area contributed by atoms with Gasteiger partial charge in [-0.2, -0.15) is 0 Å². The van der Waals surface area contributed by atoms with Gasteiger partial charge >= 0.3 is 0 Å². The van der Waals surface area contributed by atoms with E-state index in [1.807, 2.05) is 6.20 Å². The van der Waals surface area contributed by atoms with Crippen LogP contribution >= 0.6 is 0 Å². The van der Waals surface area contributed by atoms with Gasteiger partial charge in [-0.05, 0) is 25.7 Å². The second-order valence-electron chi connectivity index (χ2n) is 3.86. The van der Waals surface area contributed by atoms with Crippen LogP contribution in [0.25, 0.3) is 0 Å². The number of nitrogens with zero attached hydrogens (tertiary/aromatic N) is 2. The van der Waals surface area contributed by atoms with E-state index in [9.17, 15) is 0 Å². The second kappa shape index (κ2) is 4.00. The molecule has 0 radical (unpaired) electrons. The summed E-state index contributed by atoms with van der Waals surface area (Å²) < 4.78 is 7.41. The summed E-state index contributed by atoms with van der Waals surface area (Å²) in [5.41, 5.74) is 5.76. The number of hydrogen-bond donors (Lipinski definition) is 1. The highest BCUT2D eigenvalue weighted by atomic mass is 16.5. The van der Waals surface area contributed by atoms with Crippen molar-refractivity contribution < 1.29 is 4.74 Å². The van der Waals surface area contributed by atoms with Crippen LogP contribution in [-0.2, 0) is 4.74 Å². The summed E-state index contributed by atoms with van der Waals surface area (Å²) in [6.45, 7) is 0. The standard InChI is InChI=1S/C10H17N3O/c1-14-9-4-2-8(3-5-9)13-7-6-12-10(13)11/h6-9H,2-5H2,1H3,(H2,11,12). The summed E-state index contributed by atoms with van der Waals surface area (Å²) in [4.78, 5) is 4.04. The molecule has 4 nitrogen and oxygen atoms in total. The molecule has 1 aliphatic rings. The third kappa shape index (κ3) is 1.75. The lowest BCUT2D eigenvalue weighted by molar-refractivity contribution is 0.0587. The van der Waals surface area contributed by atoms with E-state index in [1.165, 1.54) is 0 Å². The Hall–Kier alpha value is -1.03. The molecule has 0 spiro atoms. The van der Waals surface area contributed by atoms with Gasteiger partial charge in [-0.1, -0.05) is 0 Å².